The van der Waals surface area contributed by atoms with Crippen molar-refractivity contribution in [3.63, 3.8) is 0 Å². The van der Waals surface area contributed by atoms with E-state index in [1.54, 1.807) is 37.3 Å². The van der Waals surface area contributed by atoms with Crippen LogP contribution >= 0.6 is 0 Å². The van der Waals surface area contributed by atoms with E-state index < -0.39 is 0 Å². The molecule has 0 aliphatic rings. The highest BCUT2D eigenvalue weighted by Crippen LogP contribution is 2.50. The molecule has 4 aromatic carbocycles. The molecule has 4 aromatic rings. The zero-order chi connectivity index (χ0) is 23.7. The van der Waals surface area contributed by atoms with Crippen molar-refractivity contribution in [1.82, 2.24) is 0 Å². The number of nitrogens with zero attached hydrogens (tertiary/aromatic N) is 1. The monoisotopic (exact) mass is 441 g/mol. The van der Waals surface area contributed by atoms with Crippen molar-refractivity contribution in [1.29, 1.82) is 0 Å². The predicted octanol–water partition coefficient (Wildman–Crippen LogP) is 7.30. The molecule has 5 nitrogen and oxygen atoms in total. The van der Waals surface area contributed by atoms with Gasteiger partial charge in [0.25, 0.3) is 0 Å². The molecule has 0 unspecified atom stereocenters. The fraction of sp³-hybridized carbons (Fsp3) is 0.143. The lowest BCUT2D eigenvalue weighted by Crippen LogP contribution is -2.14. The number of para-hydroxylation sites is 4. The maximum absolute atomic E-state index is 10.9. The molecule has 0 amide bonds. The van der Waals surface area contributed by atoms with Crippen LogP contribution < -0.4 is 9.64 Å². The second-order valence-corrected chi connectivity index (χ2v) is 8.20. The highest BCUT2D eigenvalue weighted by atomic mass is 16.5. The molecule has 33 heavy (non-hydrogen) atoms. The Morgan fingerprint density at radius 2 is 1.18 bits per heavy atom. The number of aryl methyl sites for hydroxylation is 3. The van der Waals surface area contributed by atoms with E-state index >= 15 is 0 Å². The van der Waals surface area contributed by atoms with E-state index in [0.717, 1.165) is 16.7 Å². The maximum Gasteiger partial charge on any atom is 0.151 e. The summed E-state index contributed by atoms with van der Waals surface area (Å²) in [5.74, 6) is 1.36. The molecule has 0 radical (unpaired) electrons. The first kappa shape index (κ1) is 22.1. The molecule has 3 N–H and O–H groups in total. The van der Waals surface area contributed by atoms with Gasteiger partial charge in [-0.2, -0.15) is 0 Å². The SMILES string of the molecule is Cc1cc(O)c(C)c(Oc2ccccc2N(c2c(C)cccc2O)c2c(C)cccc2O)c1. The molecule has 0 atom stereocenters. The molecule has 5 heteroatoms. The van der Waals surface area contributed by atoms with E-state index in [0.29, 0.717) is 34.1 Å². The maximum atomic E-state index is 10.9. The standard InChI is InChI=1S/C28H27NO4/c1-17-15-24(32)20(4)26(16-17)33-25-14-6-5-11-21(25)29(27-18(2)9-7-12-22(27)30)28-19(3)10-8-13-23(28)31/h5-16,30-32H,1-4H3. The highest BCUT2D eigenvalue weighted by Gasteiger charge is 2.25. The molecule has 0 aromatic heterocycles. The minimum absolute atomic E-state index is 0.0804. The van der Waals surface area contributed by atoms with Gasteiger partial charge in [0.2, 0.25) is 0 Å². The summed E-state index contributed by atoms with van der Waals surface area (Å²) in [6, 6.07) is 21.6. The molecule has 0 aliphatic carbocycles. The topological polar surface area (TPSA) is 73.2 Å². The predicted molar refractivity (Wildman–Crippen MR) is 132 cm³/mol. The largest absolute Gasteiger partial charge is 0.508 e. The Kier molecular flexibility index (Phi) is 5.88. The van der Waals surface area contributed by atoms with Gasteiger partial charge in [0, 0.05) is 5.56 Å². The number of anilines is 3. The summed E-state index contributed by atoms with van der Waals surface area (Å²) in [5.41, 5.74) is 4.87. The summed E-state index contributed by atoms with van der Waals surface area (Å²) < 4.78 is 6.32. The Bertz CT molecular complexity index is 1240. The molecule has 0 aliphatic heterocycles. The molecule has 0 saturated carbocycles. The first-order valence-electron chi connectivity index (χ1n) is 10.7. The van der Waals surface area contributed by atoms with E-state index in [1.165, 1.54) is 0 Å². The van der Waals surface area contributed by atoms with Gasteiger partial charge in [0.05, 0.1) is 17.1 Å². The van der Waals surface area contributed by atoms with E-state index in [9.17, 15) is 15.3 Å². The lowest BCUT2D eigenvalue weighted by Gasteiger charge is -2.30. The summed E-state index contributed by atoms with van der Waals surface area (Å²) in [6.07, 6.45) is 0. The van der Waals surface area contributed by atoms with Crippen molar-refractivity contribution in [3.05, 3.63) is 95.1 Å². The fourth-order valence-electron chi connectivity index (χ4n) is 3.98. The van der Waals surface area contributed by atoms with Crippen LogP contribution in [-0.2, 0) is 0 Å². The fourth-order valence-corrected chi connectivity index (χ4v) is 3.98. The second kappa shape index (κ2) is 8.79. The second-order valence-electron chi connectivity index (χ2n) is 8.20. The zero-order valence-corrected chi connectivity index (χ0v) is 19.1. The molecule has 4 rings (SSSR count). The van der Waals surface area contributed by atoms with Crippen LogP contribution in [0, 0.1) is 27.7 Å². The van der Waals surface area contributed by atoms with Crippen LogP contribution in [0.2, 0.25) is 0 Å². The van der Waals surface area contributed by atoms with Gasteiger partial charge in [0.15, 0.2) is 5.75 Å². The Labute approximate surface area is 193 Å². The summed E-state index contributed by atoms with van der Waals surface area (Å²) in [6.45, 7) is 7.50. The third-order valence-electron chi connectivity index (χ3n) is 5.68. The first-order valence-corrected chi connectivity index (χ1v) is 10.7. The van der Waals surface area contributed by atoms with Gasteiger partial charge in [-0.05, 0) is 80.8 Å². The van der Waals surface area contributed by atoms with Crippen molar-refractivity contribution in [2.24, 2.45) is 0 Å². The third-order valence-corrected chi connectivity index (χ3v) is 5.68. The van der Waals surface area contributed by atoms with Crippen LogP contribution in [0.3, 0.4) is 0 Å². The normalized spacial score (nSPS) is 10.8. The molecule has 0 saturated heterocycles. The number of rotatable bonds is 5. The minimum atomic E-state index is 0.0804. The molecular weight excluding hydrogens is 414 g/mol. The average Bonchev–Trinajstić information content (AvgIpc) is 2.76. The summed E-state index contributed by atoms with van der Waals surface area (Å²) in [4.78, 5) is 1.82. The smallest absolute Gasteiger partial charge is 0.151 e. The van der Waals surface area contributed by atoms with E-state index in [-0.39, 0.29) is 17.2 Å². The first-order chi connectivity index (χ1) is 15.8. The van der Waals surface area contributed by atoms with Crippen molar-refractivity contribution in [2.75, 3.05) is 4.90 Å². The number of hydrogen-bond donors (Lipinski definition) is 3. The van der Waals surface area contributed by atoms with Gasteiger partial charge in [-0.3, -0.25) is 4.90 Å². The molecule has 0 spiro atoms. The van der Waals surface area contributed by atoms with Crippen molar-refractivity contribution < 1.29 is 20.1 Å². The van der Waals surface area contributed by atoms with Gasteiger partial charge in [-0.25, -0.2) is 0 Å². The van der Waals surface area contributed by atoms with Crippen molar-refractivity contribution in [3.8, 4) is 28.7 Å². The summed E-state index contributed by atoms with van der Waals surface area (Å²) in [5, 5.41) is 32.0. The minimum Gasteiger partial charge on any atom is -0.508 e. The molecule has 0 fully saturated rings. The Morgan fingerprint density at radius 1 is 0.606 bits per heavy atom. The van der Waals surface area contributed by atoms with Gasteiger partial charge in [-0.1, -0.05) is 36.4 Å². The molecule has 0 heterocycles. The number of phenols is 3. The van der Waals surface area contributed by atoms with Crippen molar-refractivity contribution in [2.45, 2.75) is 27.7 Å². The number of ether oxygens (including phenoxy) is 1. The van der Waals surface area contributed by atoms with Crippen LogP contribution in [0.25, 0.3) is 0 Å². The summed E-state index contributed by atoms with van der Waals surface area (Å²) in [7, 11) is 0. The lowest BCUT2D eigenvalue weighted by atomic mass is 10.1. The van der Waals surface area contributed by atoms with Crippen LogP contribution in [-0.4, -0.2) is 15.3 Å². The third kappa shape index (κ3) is 4.17. The lowest BCUT2D eigenvalue weighted by molar-refractivity contribution is 0.447. The Morgan fingerprint density at radius 3 is 1.76 bits per heavy atom. The number of benzene rings is 4. The molecule has 0 bridgehead atoms. The van der Waals surface area contributed by atoms with E-state index in [1.807, 2.05) is 68.1 Å². The molecule has 168 valence electrons. The van der Waals surface area contributed by atoms with Crippen LogP contribution in [0.4, 0.5) is 17.1 Å². The van der Waals surface area contributed by atoms with Crippen molar-refractivity contribution >= 4 is 17.1 Å². The Hall–Kier alpha value is -4.12. The van der Waals surface area contributed by atoms with Gasteiger partial charge in [-0.15, -0.1) is 0 Å². The number of hydrogen-bond acceptors (Lipinski definition) is 5. The van der Waals surface area contributed by atoms with E-state index in [4.69, 9.17) is 4.74 Å². The van der Waals surface area contributed by atoms with Crippen LogP contribution in [0.15, 0.2) is 72.8 Å². The average molecular weight is 442 g/mol. The zero-order valence-electron chi connectivity index (χ0n) is 19.1. The quantitative estimate of drug-likeness (QED) is 0.303. The number of phenolic OH excluding ortho intramolecular Hbond substituents is 3. The van der Waals surface area contributed by atoms with Gasteiger partial charge >= 0.3 is 0 Å². The van der Waals surface area contributed by atoms with Crippen LogP contribution in [0.1, 0.15) is 22.3 Å². The Balaban J connectivity index is 1.97. The van der Waals surface area contributed by atoms with Crippen LogP contribution in [0.5, 0.6) is 28.7 Å². The van der Waals surface area contributed by atoms with Gasteiger partial charge < -0.3 is 20.1 Å². The number of aromatic hydroxyl groups is 3. The van der Waals surface area contributed by atoms with Gasteiger partial charge in [0.1, 0.15) is 23.0 Å². The molecular formula is C28H27NO4. The highest BCUT2D eigenvalue weighted by molar-refractivity contribution is 5.88. The summed E-state index contributed by atoms with van der Waals surface area (Å²) >= 11 is 0. The van der Waals surface area contributed by atoms with E-state index in [2.05, 4.69) is 0 Å².